The van der Waals surface area contributed by atoms with Crippen LogP contribution in [0.2, 0.25) is 0 Å². The number of hydrogen-bond donors (Lipinski definition) is 0. The minimum atomic E-state index is -3.35. The van der Waals surface area contributed by atoms with Crippen molar-refractivity contribution < 1.29 is 17.3 Å². The van der Waals surface area contributed by atoms with E-state index >= 15 is 0 Å². The van der Waals surface area contributed by atoms with Crippen LogP contribution >= 0.6 is 0 Å². The zero-order chi connectivity index (χ0) is 14.6. The third-order valence-corrected chi connectivity index (χ3v) is 3.66. The highest BCUT2D eigenvalue weighted by Crippen LogP contribution is 2.24. The summed E-state index contributed by atoms with van der Waals surface area (Å²) in [5.74, 6) is 0.817. The molecule has 0 saturated carbocycles. The van der Waals surface area contributed by atoms with Gasteiger partial charge in [0.1, 0.15) is 5.75 Å². The summed E-state index contributed by atoms with van der Waals surface area (Å²) in [4.78, 5) is 0. The van der Waals surface area contributed by atoms with Crippen LogP contribution in [0, 0.1) is 0 Å². The topological polar surface area (TPSA) is 52.6 Å². The number of benzene rings is 2. The number of fused-ring (bicyclic) bond motifs is 1. The standard InChI is InChI=1S/C15H18O4S/c1-18-14-9-8-13-6-3-5-12(15(13)11-14)7-4-10-19-20(2,16)17/h3,5-6,8-9,11H,4,7,10H2,1-2H3. The lowest BCUT2D eigenvalue weighted by molar-refractivity contribution is 0.316. The molecule has 2 aromatic rings. The maximum atomic E-state index is 10.9. The number of methoxy groups -OCH3 is 1. The molecule has 0 aliphatic rings. The highest BCUT2D eigenvalue weighted by Gasteiger charge is 2.05. The molecule has 0 heterocycles. The van der Waals surface area contributed by atoms with Gasteiger partial charge < -0.3 is 4.74 Å². The van der Waals surface area contributed by atoms with Gasteiger partial charge in [-0.15, -0.1) is 0 Å². The molecule has 0 spiro atoms. The molecule has 0 N–H and O–H groups in total. The maximum absolute atomic E-state index is 10.9. The van der Waals surface area contributed by atoms with Crippen LogP contribution in [0.25, 0.3) is 10.8 Å². The zero-order valence-electron chi connectivity index (χ0n) is 11.6. The molecule has 2 rings (SSSR count). The average Bonchev–Trinajstić information content (AvgIpc) is 2.42. The number of ether oxygens (including phenoxy) is 1. The summed E-state index contributed by atoms with van der Waals surface area (Å²) in [5.41, 5.74) is 1.17. The lowest BCUT2D eigenvalue weighted by atomic mass is 10.0. The van der Waals surface area contributed by atoms with Gasteiger partial charge in [0.05, 0.1) is 20.0 Å². The van der Waals surface area contributed by atoms with E-state index in [1.165, 1.54) is 5.56 Å². The summed E-state index contributed by atoms with van der Waals surface area (Å²) in [7, 11) is -1.71. The first-order valence-electron chi connectivity index (χ1n) is 6.39. The lowest BCUT2D eigenvalue weighted by Crippen LogP contribution is -2.05. The summed E-state index contributed by atoms with van der Waals surface area (Å²) >= 11 is 0. The second-order valence-corrected chi connectivity index (χ2v) is 6.28. The molecule has 0 fully saturated rings. The molecule has 5 heteroatoms. The van der Waals surface area contributed by atoms with E-state index in [1.807, 2.05) is 36.4 Å². The van der Waals surface area contributed by atoms with Crippen LogP contribution in [0.4, 0.5) is 0 Å². The molecular weight excluding hydrogens is 276 g/mol. The Morgan fingerprint density at radius 2 is 1.95 bits per heavy atom. The van der Waals surface area contributed by atoms with Crippen LogP contribution in [0.1, 0.15) is 12.0 Å². The highest BCUT2D eigenvalue weighted by molar-refractivity contribution is 7.85. The third-order valence-electron chi connectivity index (χ3n) is 3.07. The number of hydrogen-bond acceptors (Lipinski definition) is 4. The SMILES string of the molecule is COc1ccc2cccc(CCCOS(C)(=O)=O)c2c1. The van der Waals surface area contributed by atoms with Crippen molar-refractivity contribution in [3.8, 4) is 5.75 Å². The van der Waals surface area contributed by atoms with Crippen molar-refractivity contribution >= 4 is 20.9 Å². The maximum Gasteiger partial charge on any atom is 0.264 e. The van der Waals surface area contributed by atoms with Crippen LogP contribution < -0.4 is 4.74 Å². The molecule has 0 radical (unpaired) electrons. The smallest absolute Gasteiger partial charge is 0.264 e. The van der Waals surface area contributed by atoms with Gasteiger partial charge in [0, 0.05) is 0 Å². The van der Waals surface area contributed by atoms with E-state index in [0.29, 0.717) is 6.42 Å². The van der Waals surface area contributed by atoms with Gasteiger partial charge in [-0.1, -0.05) is 24.3 Å². The van der Waals surface area contributed by atoms with Crippen molar-refractivity contribution in [3.05, 3.63) is 42.0 Å². The summed E-state index contributed by atoms with van der Waals surface area (Å²) in [6.45, 7) is 0.208. The molecule has 2 aromatic carbocycles. The molecular formula is C15H18O4S. The Kier molecular flexibility index (Phi) is 4.62. The molecule has 0 bridgehead atoms. The van der Waals surface area contributed by atoms with E-state index in [0.717, 1.165) is 29.2 Å². The molecule has 0 saturated heterocycles. The Balaban J connectivity index is 2.13. The second-order valence-electron chi connectivity index (χ2n) is 4.63. The molecule has 4 nitrogen and oxygen atoms in total. The first-order chi connectivity index (χ1) is 9.49. The van der Waals surface area contributed by atoms with Gasteiger partial charge in [0.15, 0.2) is 0 Å². The Morgan fingerprint density at radius 1 is 1.15 bits per heavy atom. The molecule has 0 aliphatic carbocycles. The van der Waals surface area contributed by atoms with Gasteiger partial charge in [0.25, 0.3) is 10.1 Å². The molecule has 0 aliphatic heterocycles. The van der Waals surface area contributed by atoms with Crippen molar-refractivity contribution in [2.75, 3.05) is 20.0 Å². The van der Waals surface area contributed by atoms with E-state index in [9.17, 15) is 8.42 Å². The van der Waals surface area contributed by atoms with E-state index < -0.39 is 10.1 Å². The van der Waals surface area contributed by atoms with E-state index in [1.54, 1.807) is 7.11 Å². The molecule has 0 atom stereocenters. The van der Waals surface area contributed by atoms with Crippen molar-refractivity contribution in [1.82, 2.24) is 0 Å². The van der Waals surface area contributed by atoms with E-state index in [-0.39, 0.29) is 6.61 Å². The Labute approximate surface area is 119 Å². The van der Waals surface area contributed by atoms with Gasteiger partial charge in [-0.3, -0.25) is 4.18 Å². The van der Waals surface area contributed by atoms with Gasteiger partial charge >= 0.3 is 0 Å². The molecule has 0 aromatic heterocycles. The van der Waals surface area contributed by atoms with Crippen molar-refractivity contribution in [3.63, 3.8) is 0 Å². The Morgan fingerprint density at radius 3 is 2.65 bits per heavy atom. The molecule has 0 unspecified atom stereocenters. The average molecular weight is 294 g/mol. The van der Waals surface area contributed by atoms with Gasteiger partial charge in [-0.25, -0.2) is 0 Å². The highest BCUT2D eigenvalue weighted by atomic mass is 32.2. The summed E-state index contributed by atoms with van der Waals surface area (Å²) in [6, 6.07) is 12.0. The predicted octanol–water partition coefficient (Wildman–Crippen LogP) is 2.76. The quantitative estimate of drug-likeness (QED) is 0.607. The first-order valence-corrected chi connectivity index (χ1v) is 8.21. The summed E-state index contributed by atoms with van der Waals surface area (Å²) < 4.78 is 31.8. The monoisotopic (exact) mass is 294 g/mol. The minimum Gasteiger partial charge on any atom is -0.497 e. The van der Waals surface area contributed by atoms with Crippen molar-refractivity contribution in [1.29, 1.82) is 0 Å². The van der Waals surface area contributed by atoms with Crippen LogP contribution in [0.3, 0.4) is 0 Å². The van der Waals surface area contributed by atoms with Crippen LogP contribution in [0.5, 0.6) is 5.75 Å². The minimum absolute atomic E-state index is 0.208. The molecule has 20 heavy (non-hydrogen) atoms. The Bertz CT molecular complexity index is 692. The van der Waals surface area contributed by atoms with Crippen molar-refractivity contribution in [2.24, 2.45) is 0 Å². The van der Waals surface area contributed by atoms with Crippen molar-refractivity contribution in [2.45, 2.75) is 12.8 Å². The zero-order valence-corrected chi connectivity index (χ0v) is 12.4. The second kappa shape index (κ2) is 6.24. The fourth-order valence-electron chi connectivity index (χ4n) is 2.13. The number of aryl methyl sites for hydroxylation is 1. The van der Waals surface area contributed by atoms with Gasteiger partial charge in [0.2, 0.25) is 0 Å². The predicted molar refractivity (Wildman–Crippen MR) is 79.6 cm³/mol. The third kappa shape index (κ3) is 3.95. The largest absolute Gasteiger partial charge is 0.497 e. The number of rotatable bonds is 6. The first kappa shape index (κ1) is 14.8. The fourth-order valence-corrected chi connectivity index (χ4v) is 2.56. The fraction of sp³-hybridized carbons (Fsp3) is 0.333. The van der Waals surface area contributed by atoms with Gasteiger partial charge in [-0.2, -0.15) is 8.42 Å². The van der Waals surface area contributed by atoms with E-state index in [2.05, 4.69) is 0 Å². The van der Waals surface area contributed by atoms with Gasteiger partial charge in [-0.05, 0) is 41.3 Å². The Hall–Kier alpha value is -1.59. The van der Waals surface area contributed by atoms with Crippen LogP contribution in [-0.2, 0) is 20.7 Å². The summed E-state index contributed by atoms with van der Waals surface area (Å²) in [6.07, 6.45) is 2.49. The summed E-state index contributed by atoms with van der Waals surface area (Å²) in [5, 5.41) is 2.28. The molecule has 0 amide bonds. The van der Waals surface area contributed by atoms with E-state index in [4.69, 9.17) is 8.92 Å². The normalized spacial score (nSPS) is 11.7. The van der Waals surface area contributed by atoms with Crippen LogP contribution in [-0.4, -0.2) is 28.4 Å². The molecule has 108 valence electrons. The van der Waals surface area contributed by atoms with Crippen LogP contribution in [0.15, 0.2) is 36.4 Å². The lowest BCUT2D eigenvalue weighted by Gasteiger charge is -2.08.